The summed E-state index contributed by atoms with van der Waals surface area (Å²) in [7, 11) is -3.75. The van der Waals surface area contributed by atoms with Gasteiger partial charge in [0.05, 0.1) is 37.9 Å². The van der Waals surface area contributed by atoms with Crippen molar-refractivity contribution < 1.29 is 31.6 Å². The van der Waals surface area contributed by atoms with Crippen molar-refractivity contribution in [3.05, 3.63) is 30.3 Å². The van der Waals surface area contributed by atoms with Gasteiger partial charge in [-0.2, -0.15) is 8.42 Å². The van der Waals surface area contributed by atoms with Gasteiger partial charge in [-0.1, -0.05) is 18.2 Å². The number of carbonyl (C=O) groups is 1. The summed E-state index contributed by atoms with van der Waals surface area (Å²) in [5.74, 6) is 0. The number of nitrogens with one attached hydrogen (secondary N) is 1. The minimum Gasteiger partial charge on any atom is -0.444 e. The lowest BCUT2D eigenvalue weighted by atomic mass is 10.2. The summed E-state index contributed by atoms with van der Waals surface area (Å²) in [5, 5.41) is 2.57. The maximum absolute atomic E-state index is 11.8. The molecule has 0 aliphatic heterocycles. The van der Waals surface area contributed by atoms with Gasteiger partial charge in [0.15, 0.2) is 0 Å². The molecule has 1 amide bonds. The van der Waals surface area contributed by atoms with Gasteiger partial charge in [0.2, 0.25) is 0 Å². The molecule has 0 unspecified atom stereocenters. The molecule has 1 aromatic carbocycles. The Bertz CT molecular complexity index is 626. The van der Waals surface area contributed by atoms with Crippen LogP contribution in [0.1, 0.15) is 20.8 Å². The molecular weight excluding hydrogens is 362 g/mol. The highest BCUT2D eigenvalue weighted by Crippen LogP contribution is 2.10. The van der Waals surface area contributed by atoms with Crippen molar-refractivity contribution in [1.29, 1.82) is 0 Å². The molecule has 26 heavy (non-hydrogen) atoms. The first-order valence-electron chi connectivity index (χ1n) is 8.27. The quantitative estimate of drug-likeness (QED) is 0.456. The minimum absolute atomic E-state index is 0.0720. The Kier molecular flexibility index (Phi) is 9.57. The predicted molar refractivity (Wildman–Crippen MR) is 95.5 cm³/mol. The Hall–Kier alpha value is -1.68. The third-order valence-corrected chi connectivity index (χ3v) is 4.11. The fraction of sp³-hybridized carbons (Fsp3) is 0.588. The number of hydrogen-bond donors (Lipinski definition) is 1. The van der Waals surface area contributed by atoms with E-state index in [-0.39, 0.29) is 18.1 Å². The fourth-order valence-electron chi connectivity index (χ4n) is 1.72. The first-order chi connectivity index (χ1) is 12.2. The molecule has 0 bridgehead atoms. The highest BCUT2D eigenvalue weighted by Gasteiger charge is 2.15. The molecule has 0 atom stereocenters. The minimum atomic E-state index is -3.75. The van der Waals surface area contributed by atoms with E-state index in [0.29, 0.717) is 26.4 Å². The third-order valence-electron chi connectivity index (χ3n) is 2.78. The first-order valence-corrected chi connectivity index (χ1v) is 9.68. The molecule has 9 heteroatoms. The average molecular weight is 389 g/mol. The van der Waals surface area contributed by atoms with Crippen molar-refractivity contribution in [2.75, 3.05) is 39.6 Å². The molecule has 8 nitrogen and oxygen atoms in total. The van der Waals surface area contributed by atoms with E-state index in [0.717, 1.165) is 0 Å². The van der Waals surface area contributed by atoms with Crippen LogP contribution < -0.4 is 5.32 Å². The summed E-state index contributed by atoms with van der Waals surface area (Å²) in [6, 6.07) is 7.92. The van der Waals surface area contributed by atoms with Gasteiger partial charge in [-0.15, -0.1) is 0 Å². The van der Waals surface area contributed by atoms with Crippen molar-refractivity contribution in [3.8, 4) is 0 Å². The van der Waals surface area contributed by atoms with Crippen LogP contribution in [0, 0.1) is 0 Å². The number of alkyl carbamates (subject to hydrolysis) is 1. The van der Waals surface area contributed by atoms with Gasteiger partial charge < -0.3 is 19.5 Å². The lowest BCUT2D eigenvalue weighted by Crippen LogP contribution is -2.34. The number of rotatable bonds is 11. The second-order valence-corrected chi connectivity index (χ2v) is 7.86. The van der Waals surface area contributed by atoms with Gasteiger partial charge in [-0.05, 0) is 32.9 Å². The summed E-state index contributed by atoms with van der Waals surface area (Å²) in [5.41, 5.74) is -0.533. The van der Waals surface area contributed by atoms with Crippen molar-refractivity contribution >= 4 is 16.2 Å². The smallest absolute Gasteiger partial charge is 0.407 e. The zero-order valence-corrected chi connectivity index (χ0v) is 16.2. The highest BCUT2D eigenvalue weighted by molar-refractivity contribution is 7.86. The van der Waals surface area contributed by atoms with Gasteiger partial charge in [-0.3, -0.25) is 4.18 Å². The topological polar surface area (TPSA) is 100 Å². The Balaban J connectivity index is 1.99. The van der Waals surface area contributed by atoms with Gasteiger partial charge in [0, 0.05) is 6.54 Å². The van der Waals surface area contributed by atoms with Crippen LogP contribution in [0.25, 0.3) is 0 Å². The molecule has 1 rings (SSSR count). The molecule has 0 heterocycles. The van der Waals surface area contributed by atoms with Gasteiger partial charge in [0.1, 0.15) is 5.60 Å². The van der Waals surface area contributed by atoms with Crippen LogP contribution in [0.5, 0.6) is 0 Å². The molecule has 0 radical (unpaired) electrons. The van der Waals surface area contributed by atoms with Crippen LogP contribution in [-0.4, -0.2) is 59.7 Å². The van der Waals surface area contributed by atoms with E-state index in [9.17, 15) is 13.2 Å². The average Bonchev–Trinajstić information content (AvgIpc) is 2.55. The van der Waals surface area contributed by atoms with Crippen LogP contribution >= 0.6 is 0 Å². The van der Waals surface area contributed by atoms with Crippen molar-refractivity contribution in [3.63, 3.8) is 0 Å². The van der Waals surface area contributed by atoms with Gasteiger partial charge >= 0.3 is 6.09 Å². The molecule has 0 aliphatic carbocycles. The predicted octanol–water partition coefficient (Wildman–Crippen LogP) is 1.95. The van der Waals surface area contributed by atoms with Crippen LogP contribution in [0.15, 0.2) is 35.2 Å². The van der Waals surface area contributed by atoms with Crippen LogP contribution in [0.2, 0.25) is 0 Å². The van der Waals surface area contributed by atoms with Crippen LogP contribution in [0.3, 0.4) is 0 Å². The summed E-state index contributed by atoms with van der Waals surface area (Å²) in [6.45, 7) is 6.68. The maximum atomic E-state index is 11.8. The zero-order chi connectivity index (χ0) is 19.5. The normalized spacial score (nSPS) is 12.0. The van der Waals surface area contributed by atoms with E-state index < -0.39 is 21.8 Å². The van der Waals surface area contributed by atoms with E-state index in [1.165, 1.54) is 12.1 Å². The monoisotopic (exact) mass is 389 g/mol. The number of hydrogen-bond acceptors (Lipinski definition) is 7. The molecular formula is C17H27NO7S. The standard InChI is InChI=1S/C17H27NO7S/c1-17(2,3)25-16(19)18-9-10-22-11-12-23-13-14-24-26(20,21)15-7-5-4-6-8-15/h4-8H,9-14H2,1-3H3,(H,18,19). The second-order valence-electron chi connectivity index (χ2n) is 6.24. The highest BCUT2D eigenvalue weighted by atomic mass is 32.2. The summed E-state index contributed by atoms with van der Waals surface area (Å²) in [6.07, 6.45) is -0.492. The zero-order valence-electron chi connectivity index (χ0n) is 15.4. The lowest BCUT2D eigenvalue weighted by Gasteiger charge is -2.19. The van der Waals surface area contributed by atoms with E-state index in [1.807, 2.05) is 0 Å². The maximum Gasteiger partial charge on any atom is 0.407 e. The van der Waals surface area contributed by atoms with Gasteiger partial charge in [-0.25, -0.2) is 4.79 Å². The molecule has 0 spiro atoms. The molecule has 0 aliphatic rings. The molecule has 1 aromatic rings. The summed E-state index contributed by atoms with van der Waals surface area (Å²) >= 11 is 0. The number of amides is 1. The first kappa shape index (κ1) is 22.4. The SMILES string of the molecule is CC(C)(C)OC(=O)NCCOCCOCCOS(=O)(=O)c1ccccc1. The van der Waals surface area contributed by atoms with E-state index in [1.54, 1.807) is 39.0 Å². The molecule has 0 saturated heterocycles. The van der Waals surface area contributed by atoms with Crippen molar-refractivity contribution in [2.24, 2.45) is 0 Å². The molecule has 1 N–H and O–H groups in total. The third kappa shape index (κ3) is 10.3. The number of carbonyl (C=O) groups excluding carboxylic acids is 1. The summed E-state index contributed by atoms with van der Waals surface area (Å²) < 4.78 is 44.1. The summed E-state index contributed by atoms with van der Waals surface area (Å²) in [4.78, 5) is 11.5. The molecule has 0 fully saturated rings. The number of ether oxygens (including phenoxy) is 3. The van der Waals surface area contributed by atoms with Crippen LogP contribution in [0.4, 0.5) is 4.79 Å². The Morgan fingerprint density at radius 3 is 2.15 bits per heavy atom. The van der Waals surface area contributed by atoms with Gasteiger partial charge in [0.25, 0.3) is 10.1 Å². The lowest BCUT2D eigenvalue weighted by molar-refractivity contribution is 0.0332. The van der Waals surface area contributed by atoms with E-state index in [2.05, 4.69) is 5.32 Å². The Labute approximate surface area is 154 Å². The van der Waals surface area contributed by atoms with E-state index in [4.69, 9.17) is 18.4 Å². The Morgan fingerprint density at radius 1 is 0.962 bits per heavy atom. The van der Waals surface area contributed by atoms with E-state index >= 15 is 0 Å². The number of benzene rings is 1. The molecule has 148 valence electrons. The van der Waals surface area contributed by atoms with Crippen molar-refractivity contribution in [1.82, 2.24) is 5.32 Å². The Morgan fingerprint density at radius 2 is 1.54 bits per heavy atom. The second kappa shape index (κ2) is 11.1. The largest absolute Gasteiger partial charge is 0.444 e. The molecule has 0 saturated carbocycles. The van der Waals surface area contributed by atoms with Crippen molar-refractivity contribution in [2.45, 2.75) is 31.3 Å². The fourth-order valence-corrected chi connectivity index (χ4v) is 2.63. The molecule has 0 aromatic heterocycles. The van der Waals surface area contributed by atoms with Crippen LogP contribution in [-0.2, 0) is 28.5 Å².